The fourth-order valence-corrected chi connectivity index (χ4v) is 2.78. The first kappa shape index (κ1) is 16.9. The number of nitrogens with one attached hydrogen (secondary N) is 2. The van der Waals surface area contributed by atoms with Crippen LogP contribution in [-0.2, 0) is 0 Å². The average Bonchev–Trinajstić information content (AvgIpc) is 2.92. The highest BCUT2D eigenvalue weighted by atomic mass is 16.5. The quantitative estimate of drug-likeness (QED) is 0.719. The van der Waals surface area contributed by atoms with Crippen LogP contribution in [0.4, 0.5) is 5.69 Å². The van der Waals surface area contributed by atoms with E-state index in [1.807, 2.05) is 63.2 Å². The van der Waals surface area contributed by atoms with Crippen LogP contribution in [0.15, 0.2) is 42.5 Å². The van der Waals surface area contributed by atoms with Crippen molar-refractivity contribution in [2.24, 2.45) is 0 Å². The van der Waals surface area contributed by atoms with Crippen LogP contribution < -0.4 is 14.8 Å². The highest BCUT2D eigenvalue weighted by Crippen LogP contribution is 2.28. The summed E-state index contributed by atoms with van der Waals surface area (Å²) in [5, 5.41) is 3.93. The smallest absolute Gasteiger partial charge is 0.272 e. The molecule has 1 amide bonds. The number of anilines is 1. The molecule has 3 aromatic rings. The Morgan fingerprint density at radius 2 is 1.92 bits per heavy atom. The molecule has 0 saturated carbocycles. The number of amides is 1. The third-order valence-corrected chi connectivity index (χ3v) is 3.99. The normalized spacial score (nSPS) is 10.9. The second kappa shape index (κ2) is 6.89. The molecule has 2 aromatic carbocycles. The number of rotatable bonds is 5. The van der Waals surface area contributed by atoms with E-state index >= 15 is 0 Å². The van der Waals surface area contributed by atoms with Crippen molar-refractivity contribution in [2.75, 3.05) is 12.4 Å². The van der Waals surface area contributed by atoms with Gasteiger partial charge in [0.2, 0.25) is 0 Å². The van der Waals surface area contributed by atoms with Gasteiger partial charge in [0, 0.05) is 17.0 Å². The topological polar surface area (TPSA) is 63.4 Å². The SMILES string of the molecule is COc1ccc2c(C)c(C(=O)Nc3ccccc3OC(C)C)[nH]c2c1. The van der Waals surface area contributed by atoms with E-state index in [1.54, 1.807) is 7.11 Å². The molecule has 130 valence electrons. The maximum Gasteiger partial charge on any atom is 0.272 e. The Balaban J connectivity index is 1.92. The number of methoxy groups -OCH3 is 1. The lowest BCUT2D eigenvalue weighted by Crippen LogP contribution is -2.15. The number of H-pyrrole nitrogens is 1. The van der Waals surface area contributed by atoms with Gasteiger partial charge in [-0.2, -0.15) is 0 Å². The maximum absolute atomic E-state index is 12.8. The van der Waals surface area contributed by atoms with E-state index in [0.29, 0.717) is 17.1 Å². The molecule has 0 bridgehead atoms. The summed E-state index contributed by atoms with van der Waals surface area (Å²) >= 11 is 0. The van der Waals surface area contributed by atoms with Crippen molar-refractivity contribution in [2.45, 2.75) is 26.9 Å². The number of aryl methyl sites for hydroxylation is 1. The van der Waals surface area contributed by atoms with Crippen LogP contribution in [0.3, 0.4) is 0 Å². The molecular weight excluding hydrogens is 316 g/mol. The monoisotopic (exact) mass is 338 g/mol. The summed E-state index contributed by atoms with van der Waals surface area (Å²) in [4.78, 5) is 16.0. The number of para-hydroxylation sites is 2. The van der Waals surface area contributed by atoms with E-state index in [2.05, 4.69) is 10.3 Å². The first-order valence-electron chi connectivity index (χ1n) is 8.23. The van der Waals surface area contributed by atoms with Gasteiger partial charge in [-0.15, -0.1) is 0 Å². The van der Waals surface area contributed by atoms with Gasteiger partial charge in [0.05, 0.1) is 18.9 Å². The first-order valence-corrected chi connectivity index (χ1v) is 8.23. The van der Waals surface area contributed by atoms with Gasteiger partial charge < -0.3 is 19.8 Å². The summed E-state index contributed by atoms with van der Waals surface area (Å²) in [5.41, 5.74) is 2.95. The van der Waals surface area contributed by atoms with Crippen LogP contribution in [0.2, 0.25) is 0 Å². The third kappa shape index (κ3) is 3.45. The highest BCUT2D eigenvalue weighted by molar-refractivity contribution is 6.08. The molecule has 0 unspecified atom stereocenters. The van der Waals surface area contributed by atoms with Gasteiger partial charge in [-0.3, -0.25) is 4.79 Å². The largest absolute Gasteiger partial charge is 0.497 e. The number of ether oxygens (including phenoxy) is 2. The highest BCUT2D eigenvalue weighted by Gasteiger charge is 2.17. The lowest BCUT2D eigenvalue weighted by molar-refractivity contribution is 0.102. The van der Waals surface area contributed by atoms with Crippen LogP contribution in [-0.4, -0.2) is 24.1 Å². The van der Waals surface area contributed by atoms with Gasteiger partial charge in [0.15, 0.2) is 0 Å². The van der Waals surface area contributed by atoms with Gasteiger partial charge in [-0.1, -0.05) is 12.1 Å². The standard InChI is InChI=1S/C20H22N2O3/c1-12(2)25-18-8-6-5-7-16(18)22-20(23)19-13(3)15-10-9-14(24-4)11-17(15)21-19/h5-12,21H,1-4H3,(H,22,23). The number of fused-ring (bicyclic) bond motifs is 1. The van der Waals surface area contributed by atoms with Crippen molar-refractivity contribution in [3.05, 3.63) is 53.7 Å². The molecule has 0 aliphatic rings. The van der Waals surface area contributed by atoms with Crippen LogP contribution in [0.5, 0.6) is 11.5 Å². The predicted molar refractivity (Wildman–Crippen MR) is 99.7 cm³/mol. The number of aromatic nitrogens is 1. The van der Waals surface area contributed by atoms with Gasteiger partial charge in [-0.05, 0) is 50.6 Å². The van der Waals surface area contributed by atoms with Crippen molar-refractivity contribution in [1.29, 1.82) is 0 Å². The fourth-order valence-electron chi connectivity index (χ4n) is 2.78. The molecule has 0 saturated heterocycles. The van der Waals surface area contributed by atoms with Crippen molar-refractivity contribution in [1.82, 2.24) is 4.98 Å². The number of hydrogen-bond acceptors (Lipinski definition) is 3. The zero-order chi connectivity index (χ0) is 18.0. The molecule has 3 rings (SSSR count). The Bertz CT molecular complexity index is 912. The van der Waals surface area contributed by atoms with Gasteiger partial charge in [0.25, 0.3) is 5.91 Å². The van der Waals surface area contributed by atoms with Crippen molar-refractivity contribution >= 4 is 22.5 Å². The Kier molecular flexibility index (Phi) is 4.65. The van der Waals surface area contributed by atoms with Crippen molar-refractivity contribution in [3.8, 4) is 11.5 Å². The zero-order valence-corrected chi connectivity index (χ0v) is 14.8. The summed E-state index contributed by atoms with van der Waals surface area (Å²) in [6, 6.07) is 13.1. The summed E-state index contributed by atoms with van der Waals surface area (Å²) < 4.78 is 11.0. The minimum absolute atomic E-state index is 0.0281. The van der Waals surface area contributed by atoms with Crippen molar-refractivity contribution < 1.29 is 14.3 Å². The molecule has 0 atom stereocenters. The second-order valence-electron chi connectivity index (χ2n) is 6.15. The van der Waals surface area contributed by atoms with E-state index < -0.39 is 0 Å². The lowest BCUT2D eigenvalue weighted by atomic mass is 10.1. The zero-order valence-electron chi connectivity index (χ0n) is 14.8. The van der Waals surface area contributed by atoms with Gasteiger partial charge in [0.1, 0.15) is 17.2 Å². The molecule has 25 heavy (non-hydrogen) atoms. The van der Waals surface area contributed by atoms with Gasteiger partial charge in [-0.25, -0.2) is 0 Å². The molecule has 0 aliphatic heterocycles. The van der Waals surface area contributed by atoms with Crippen LogP contribution in [0.25, 0.3) is 10.9 Å². The van der Waals surface area contributed by atoms with E-state index in [0.717, 1.165) is 22.2 Å². The van der Waals surface area contributed by atoms with E-state index in [9.17, 15) is 4.79 Å². The van der Waals surface area contributed by atoms with E-state index in [-0.39, 0.29) is 12.0 Å². The third-order valence-electron chi connectivity index (χ3n) is 3.99. The summed E-state index contributed by atoms with van der Waals surface area (Å²) in [6.07, 6.45) is 0.0281. The number of benzene rings is 2. The number of hydrogen-bond donors (Lipinski definition) is 2. The molecule has 2 N–H and O–H groups in total. The van der Waals surface area contributed by atoms with E-state index in [1.165, 1.54) is 0 Å². The minimum atomic E-state index is -0.201. The molecule has 0 fully saturated rings. The summed E-state index contributed by atoms with van der Waals surface area (Å²) in [6.45, 7) is 5.83. The van der Waals surface area contributed by atoms with Crippen LogP contribution in [0.1, 0.15) is 29.9 Å². The maximum atomic E-state index is 12.8. The Labute approximate surface area is 147 Å². The fraction of sp³-hybridized carbons (Fsp3) is 0.250. The van der Waals surface area contributed by atoms with Crippen LogP contribution >= 0.6 is 0 Å². The predicted octanol–water partition coefficient (Wildman–Crippen LogP) is 4.52. The second-order valence-corrected chi connectivity index (χ2v) is 6.15. The molecule has 5 heteroatoms. The minimum Gasteiger partial charge on any atom is -0.497 e. The average molecular weight is 338 g/mol. The Morgan fingerprint density at radius 1 is 1.16 bits per heavy atom. The molecule has 0 radical (unpaired) electrons. The molecule has 1 aromatic heterocycles. The summed E-state index contributed by atoms with van der Waals surface area (Å²) in [7, 11) is 1.62. The molecule has 5 nitrogen and oxygen atoms in total. The molecular formula is C20H22N2O3. The number of carbonyl (C=O) groups is 1. The molecule has 1 heterocycles. The lowest BCUT2D eigenvalue weighted by Gasteiger charge is -2.14. The van der Waals surface area contributed by atoms with Crippen molar-refractivity contribution in [3.63, 3.8) is 0 Å². The molecule has 0 spiro atoms. The summed E-state index contributed by atoms with van der Waals surface area (Å²) in [5.74, 6) is 1.20. The molecule has 0 aliphatic carbocycles. The number of aromatic amines is 1. The Hall–Kier alpha value is -2.95. The Morgan fingerprint density at radius 3 is 2.64 bits per heavy atom. The van der Waals surface area contributed by atoms with Gasteiger partial charge >= 0.3 is 0 Å². The van der Waals surface area contributed by atoms with Crippen LogP contribution in [0, 0.1) is 6.92 Å². The first-order chi connectivity index (χ1) is 12.0. The van der Waals surface area contributed by atoms with E-state index in [4.69, 9.17) is 9.47 Å². The number of carbonyl (C=O) groups excluding carboxylic acids is 1.